The second-order valence-corrected chi connectivity index (χ2v) is 2.87. The number of aromatic nitrogens is 2. The van der Waals surface area contributed by atoms with Crippen molar-refractivity contribution in [1.29, 1.82) is 0 Å². The molecule has 0 aliphatic carbocycles. The van der Waals surface area contributed by atoms with E-state index in [4.69, 9.17) is 0 Å². The van der Waals surface area contributed by atoms with Crippen molar-refractivity contribution in [3.8, 4) is 0 Å². The molecule has 0 bridgehead atoms. The van der Waals surface area contributed by atoms with E-state index in [2.05, 4.69) is 20.6 Å². The monoisotopic (exact) mass is 193 g/mol. The van der Waals surface area contributed by atoms with Crippen LogP contribution >= 0.6 is 11.7 Å². The minimum absolute atomic E-state index is 0. The number of nitrogens with one attached hydrogen (secondary N) is 1. The van der Waals surface area contributed by atoms with Crippen molar-refractivity contribution in [3.63, 3.8) is 0 Å². The largest absolute Gasteiger partial charge is 1.00 e. The fraction of sp³-hybridized carbons (Fsp3) is 0.667. The summed E-state index contributed by atoms with van der Waals surface area (Å²) in [5.74, 6) is 1.10. The van der Waals surface area contributed by atoms with Gasteiger partial charge in [-0.3, -0.25) is 0 Å². The van der Waals surface area contributed by atoms with Gasteiger partial charge in [-0.2, -0.15) is 3.96 Å². The van der Waals surface area contributed by atoms with Crippen LogP contribution in [0.4, 0.5) is 5.82 Å². The quantitative estimate of drug-likeness (QED) is 0.557. The molecule has 0 radical (unpaired) electrons. The Morgan fingerprint density at radius 1 is 1.73 bits per heavy atom. The van der Waals surface area contributed by atoms with Crippen molar-refractivity contribution in [3.05, 3.63) is 6.20 Å². The SMILES string of the molecule is CCC[n+]1sncc1NC.[Cl-]. The summed E-state index contributed by atoms with van der Waals surface area (Å²) in [5, 5.41) is 3.07. The Morgan fingerprint density at radius 3 is 3.00 bits per heavy atom. The van der Waals surface area contributed by atoms with E-state index >= 15 is 0 Å². The molecular weight excluding hydrogens is 182 g/mol. The van der Waals surface area contributed by atoms with E-state index < -0.39 is 0 Å². The molecule has 5 heteroatoms. The summed E-state index contributed by atoms with van der Waals surface area (Å²) in [4.78, 5) is 0. The van der Waals surface area contributed by atoms with Crippen LogP contribution in [0.5, 0.6) is 0 Å². The number of nitrogens with zero attached hydrogens (tertiary/aromatic N) is 2. The molecule has 1 heterocycles. The second kappa shape index (κ2) is 5.32. The van der Waals surface area contributed by atoms with Gasteiger partial charge in [0, 0.05) is 0 Å². The van der Waals surface area contributed by atoms with E-state index in [0.717, 1.165) is 18.8 Å². The second-order valence-electron chi connectivity index (χ2n) is 2.05. The zero-order valence-corrected chi connectivity index (χ0v) is 8.24. The van der Waals surface area contributed by atoms with Gasteiger partial charge >= 0.3 is 0 Å². The van der Waals surface area contributed by atoms with Crippen LogP contribution in [-0.2, 0) is 6.54 Å². The highest BCUT2D eigenvalue weighted by Gasteiger charge is 2.06. The summed E-state index contributed by atoms with van der Waals surface area (Å²) in [6.07, 6.45) is 3.00. The molecule has 0 unspecified atom stereocenters. The van der Waals surface area contributed by atoms with E-state index in [1.807, 2.05) is 13.2 Å². The third-order valence-corrected chi connectivity index (χ3v) is 2.05. The van der Waals surface area contributed by atoms with E-state index in [1.165, 1.54) is 11.7 Å². The molecule has 0 aromatic carbocycles. The molecule has 0 aliphatic rings. The molecular formula is C6H12ClN3S. The maximum atomic E-state index is 4.05. The molecule has 0 fully saturated rings. The van der Waals surface area contributed by atoms with Crippen molar-refractivity contribution in [2.75, 3.05) is 12.4 Å². The summed E-state index contributed by atoms with van der Waals surface area (Å²) in [5.41, 5.74) is 0. The number of rotatable bonds is 3. The lowest BCUT2D eigenvalue weighted by molar-refractivity contribution is -0.615. The summed E-state index contributed by atoms with van der Waals surface area (Å²) in [7, 11) is 1.91. The van der Waals surface area contributed by atoms with Crippen LogP contribution in [0.25, 0.3) is 0 Å². The topological polar surface area (TPSA) is 28.8 Å². The molecule has 64 valence electrons. The minimum Gasteiger partial charge on any atom is -1.00 e. The lowest BCUT2D eigenvalue weighted by atomic mass is 10.5. The third-order valence-electron chi connectivity index (χ3n) is 1.27. The first-order chi connectivity index (χ1) is 4.88. The number of hydrogen-bond donors (Lipinski definition) is 1. The normalized spacial score (nSPS) is 8.91. The smallest absolute Gasteiger partial charge is 0.268 e. The van der Waals surface area contributed by atoms with Gasteiger partial charge < -0.3 is 17.7 Å². The molecule has 0 saturated carbocycles. The molecule has 0 spiro atoms. The van der Waals surface area contributed by atoms with Crippen molar-refractivity contribution >= 4 is 17.5 Å². The Hall–Kier alpha value is -0.350. The van der Waals surface area contributed by atoms with Crippen LogP contribution in [0.1, 0.15) is 13.3 Å². The maximum Gasteiger partial charge on any atom is 0.268 e. The van der Waals surface area contributed by atoms with Crippen LogP contribution in [0, 0.1) is 0 Å². The summed E-state index contributed by atoms with van der Waals surface area (Å²) in [6, 6.07) is 0. The van der Waals surface area contributed by atoms with Gasteiger partial charge in [-0.25, -0.2) is 0 Å². The highest BCUT2D eigenvalue weighted by atomic mass is 35.5. The lowest BCUT2D eigenvalue weighted by Gasteiger charge is -1.93. The van der Waals surface area contributed by atoms with E-state index in [9.17, 15) is 0 Å². The Bertz CT molecular complexity index is 201. The average molecular weight is 194 g/mol. The highest BCUT2D eigenvalue weighted by molar-refractivity contribution is 6.94. The van der Waals surface area contributed by atoms with E-state index in [-0.39, 0.29) is 12.4 Å². The standard InChI is InChI=1S/C6H11N3S.ClH/c1-3-4-9-6(7-2)5-8-10-9;/h5H,3-4H2,1-2H3;1H. The molecule has 1 aromatic heterocycles. The number of halogens is 1. The first-order valence-electron chi connectivity index (χ1n) is 3.41. The first kappa shape index (κ1) is 10.7. The molecule has 1 rings (SSSR count). The first-order valence-corrected chi connectivity index (χ1v) is 4.14. The van der Waals surface area contributed by atoms with Crippen molar-refractivity contribution in [2.24, 2.45) is 0 Å². The number of aryl methyl sites for hydroxylation is 1. The van der Waals surface area contributed by atoms with Gasteiger partial charge in [0.05, 0.1) is 13.6 Å². The lowest BCUT2D eigenvalue weighted by Crippen LogP contribution is -3.00. The van der Waals surface area contributed by atoms with Crippen molar-refractivity contribution < 1.29 is 16.4 Å². The van der Waals surface area contributed by atoms with Gasteiger partial charge in [-0.15, -0.1) is 0 Å². The van der Waals surface area contributed by atoms with Gasteiger partial charge in [0.1, 0.15) is 0 Å². The molecule has 1 aromatic rings. The zero-order valence-electron chi connectivity index (χ0n) is 6.67. The van der Waals surface area contributed by atoms with Crippen LogP contribution in [-0.4, -0.2) is 11.4 Å². The van der Waals surface area contributed by atoms with Crippen LogP contribution in [0.3, 0.4) is 0 Å². The predicted octanol–water partition coefficient (Wildman–Crippen LogP) is -2.11. The van der Waals surface area contributed by atoms with Gasteiger partial charge in [0.2, 0.25) is 11.7 Å². The Labute approximate surface area is 77.2 Å². The Morgan fingerprint density at radius 2 is 2.45 bits per heavy atom. The van der Waals surface area contributed by atoms with Gasteiger partial charge in [0.25, 0.3) is 5.82 Å². The molecule has 0 atom stereocenters. The predicted molar refractivity (Wildman–Crippen MR) is 42.1 cm³/mol. The number of hydrogen-bond acceptors (Lipinski definition) is 3. The Balaban J connectivity index is 0.000001000. The summed E-state index contributed by atoms with van der Waals surface area (Å²) < 4.78 is 6.19. The number of anilines is 1. The molecule has 0 aliphatic heterocycles. The third kappa shape index (κ3) is 2.63. The minimum atomic E-state index is 0. The van der Waals surface area contributed by atoms with Crippen molar-refractivity contribution in [2.45, 2.75) is 19.9 Å². The molecule has 0 amide bonds. The fourth-order valence-electron chi connectivity index (χ4n) is 0.792. The Kier molecular flexibility index (Phi) is 5.15. The van der Waals surface area contributed by atoms with E-state index in [1.54, 1.807) is 0 Å². The van der Waals surface area contributed by atoms with Gasteiger partial charge in [-0.1, -0.05) is 6.92 Å². The molecule has 1 N–H and O–H groups in total. The molecule has 11 heavy (non-hydrogen) atoms. The summed E-state index contributed by atoms with van der Waals surface area (Å²) in [6.45, 7) is 3.22. The van der Waals surface area contributed by atoms with E-state index in [0.29, 0.717) is 0 Å². The van der Waals surface area contributed by atoms with Gasteiger partial charge in [0.15, 0.2) is 6.20 Å². The van der Waals surface area contributed by atoms with Gasteiger partial charge in [-0.05, 0) is 10.8 Å². The zero-order chi connectivity index (χ0) is 7.40. The maximum absolute atomic E-state index is 4.05. The van der Waals surface area contributed by atoms with Crippen LogP contribution in [0.15, 0.2) is 6.20 Å². The average Bonchev–Trinajstić information content (AvgIpc) is 2.36. The highest BCUT2D eigenvalue weighted by Crippen LogP contribution is 1.97. The molecule has 0 saturated heterocycles. The fourth-order valence-corrected chi connectivity index (χ4v) is 1.54. The summed E-state index contributed by atoms with van der Waals surface area (Å²) >= 11 is 1.50. The van der Waals surface area contributed by atoms with Crippen LogP contribution < -0.4 is 21.7 Å². The van der Waals surface area contributed by atoms with Crippen LogP contribution in [0.2, 0.25) is 0 Å². The molecule has 3 nitrogen and oxygen atoms in total. The van der Waals surface area contributed by atoms with Crippen molar-refractivity contribution in [1.82, 2.24) is 4.37 Å².